The maximum absolute atomic E-state index is 10.5. The van der Waals surface area contributed by atoms with Crippen LogP contribution in [0.2, 0.25) is 0 Å². The molecule has 1 aliphatic rings. The summed E-state index contributed by atoms with van der Waals surface area (Å²) in [5.74, 6) is 0.565. The predicted octanol–water partition coefficient (Wildman–Crippen LogP) is 3.04. The molecule has 4 nitrogen and oxygen atoms in total. The van der Waals surface area contributed by atoms with Crippen LogP contribution >= 0.6 is 0 Å². The molecule has 2 heterocycles. The molecule has 0 aliphatic carbocycles. The van der Waals surface area contributed by atoms with Gasteiger partial charge < -0.3 is 10.2 Å². The van der Waals surface area contributed by atoms with E-state index in [1.54, 1.807) is 6.07 Å². The molecule has 1 atom stereocenters. The first-order chi connectivity index (χ1) is 11.1. The number of piperidine rings is 1. The molecule has 0 amide bonds. The Balaban J connectivity index is 1.57. The number of nitrogens with zero attached hydrogens (tertiary/aromatic N) is 2. The van der Waals surface area contributed by atoms with Gasteiger partial charge in [-0.3, -0.25) is 9.88 Å². The van der Waals surface area contributed by atoms with Crippen LogP contribution in [0.15, 0.2) is 42.5 Å². The first kappa shape index (κ1) is 16.0. The Labute approximate surface area is 137 Å². The molecule has 0 bridgehead atoms. The Morgan fingerprint density at radius 2 is 1.83 bits per heavy atom. The van der Waals surface area contributed by atoms with E-state index in [-0.39, 0.29) is 11.9 Å². The van der Waals surface area contributed by atoms with E-state index in [9.17, 15) is 10.2 Å². The van der Waals surface area contributed by atoms with Crippen molar-refractivity contribution in [2.24, 2.45) is 5.92 Å². The van der Waals surface area contributed by atoms with Crippen LogP contribution in [0, 0.1) is 12.8 Å². The van der Waals surface area contributed by atoms with Gasteiger partial charge in [-0.1, -0.05) is 30.3 Å². The lowest BCUT2D eigenvalue weighted by atomic mass is 9.87. The van der Waals surface area contributed by atoms with Gasteiger partial charge in [0.15, 0.2) is 0 Å². The minimum absolute atomic E-state index is 0.266. The molecule has 122 valence electrons. The highest BCUT2D eigenvalue weighted by Gasteiger charge is 2.26. The number of rotatable bonds is 4. The van der Waals surface area contributed by atoms with Crippen LogP contribution in [-0.4, -0.2) is 33.2 Å². The molecule has 4 heteroatoms. The number of aliphatic hydroxyl groups excluding tert-OH is 1. The van der Waals surface area contributed by atoms with Crippen molar-refractivity contribution in [3.05, 3.63) is 59.4 Å². The molecule has 2 aromatic rings. The van der Waals surface area contributed by atoms with Crippen molar-refractivity contribution in [1.82, 2.24) is 9.88 Å². The molecule has 1 aromatic heterocycles. The van der Waals surface area contributed by atoms with Gasteiger partial charge in [0.25, 0.3) is 0 Å². The molecule has 0 spiro atoms. The Hall–Kier alpha value is -1.91. The van der Waals surface area contributed by atoms with Crippen molar-refractivity contribution in [2.75, 3.05) is 13.1 Å². The van der Waals surface area contributed by atoms with Crippen LogP contribution in [0.4, 0.5) is 0 Å². The summed E-state index contributed by atoms with van der Waals surface area (Å²) >= 11 is 0. The number of hydrogen-bond acceptors (Lipinski definition) is 4. The van der Waals surface area contributed by atoms with Crippen molar-refractivity contribution < 1.29 is 10.2 Å². The average molecular weight is 312 g/mol. The Morgan fingerprint density at radius 1 is 1.13 bits per heavy atom. The highest BCUT2D eigenvalue weighted by atomic mass is 16.3. The topological polar surface area (TPSA) is 56.6 Å². The first-order valence-corrected chi connectivity index (χ1v) is 8.24. The lowest BCUT2D eigenvalue weighted by Crippen LogP contribution is -2.35. The monoisotopic (exact) mass is 312 g/mol. The first-order valence-electron chi connectivity index (χ1n) is 8.24. The molecule has 0 unspecified atom stereocenters. The van der Waals surface area contributed by atoms with E-state index in [0.717, 1.165) is 42.9 Å². The van der Waals surface area contributed by atoms with Crippen LogP contribution in [0.3, 0.4) is 0 Å². The molecule has 1 aromatic carbocycles. The fraction of sp³-hybridized carbons (Fsp3) is 0.421. The van der Waals surface area contributed by atoms with Crippen LogP contribution in [0.25, 0.3) is 0 Å². The summed E-state index contributed by atoms with van der Waals surface area (Å²) in [6.45, 7) is 4.44. The molecule has 23 heavy (non-hydrogen) atoms. The number of aromatic nitrogens is 1. The van der Waals surface area contributed by atoms with Gasteiger partial charge in [-0.25, -0.2) is 0 Å². The van der Waals surface area contributed by atoms with Crippen molar-refractivity contribution >= 4 is 0 Å². The highest BCUT2D eigenvalue weighted by Crippen LogP contribution is 2.31. The molecular formula is C19H24N2O2. The summed E-state index contributed by atoms with van der Waals surface area (Å²) in [6.07, 6.45) is 1.54. The number of hydrogen-bond donors (Lipinski definition) is 2. The summed E-state index contributed by atoms with van der Waals surface area (Å²) < 4.78 is 0. The van der Waals surface area contributed by atoms with Crippen LogP contribution < -0.4 is 0 Å². The van der Waals surface area contributed by atoms with Crippen molar-refractivity contribution in [2.45, 2.75) is 32.4 Å². The third-order valence-electron chi connectivity index (χ3n) is 4.68. The SMILES string of the molecule is Cc1ccc(O)c(CN2CCC([C@@H](O)c3ccccc3)CC2)n1. The van der Waals surface area contributed by atoms with Gasteiger partial charge in [-0.05, 0) is 56.5 Å². The van der Waals surface area contributed by atoms with Crippen LogP contribution in [0.5, 0.6) is 5.75 Å². The normalized spacial score (nSPS) is 18.0. The third-order valence-corrected chi connectivity index (χ3v) is 4.68. The van der Waals surface area contributed by atoms with Crippen molar-refractivity contribution in [1.29, 1.82) is 0 Å². The standard InChI is InChI=1S/C19H24N2O2/c1-14-7-8-18(22)17(20-14)13-21-11-9-16(10-12-21)19(23)15-5-3-2-4-6-15/h2-8,16,19,22-23H,9-13H2,1H3/t19-/m0/s1. The molecule has 1 saturated heterocycles. The zero-order chi connectivity index (χ0) is 16.2. The maximum Gasteiger partial charge on any atom is 0.138 e. The average Bonchev–Trinajstić information content (AvgIpc) is 2.59. The summed E-state index contributed by atoms with van der Waals surface area (Å²) in [4.78, 5) is 6.73. The van der Waals surface area contributed by atoms with E-state index < -0.39 is 0 Å². The Kier molecular flexibility index (Phi) is 4.94. The second-order valence-electron chi connectivity index (χ2n) is 6.39. The zero-order valence-corrected chi connectivity index (χ0v) is 13.5. The van der Waals surface area contributed by atoms with E-state index >= 15 is 0 Å². The number of likely N-dealkylation sites (tertiary alicyclic amines) is 1. The van der Waals surface area contributed by atoms with Crippen molar-refractivity contribution in [3.8, 4) is 5.75 Å². The van der Waals surface area contributed by atoms with E-state index in [0.29, 0.717) is 12.5 Å². The molecular weight excluding hydrogens is 288 g/mol. The molecule has 0 saturated carbocycles. The minimum atomic E-state index is -0.385. The van der Waals surface area contributed by atoms with Crippen LogP contribution in [0.1, 0.15) is 35.9 Å². The molecule has 2 N–H and O–H groups in total. The van der Waals surface area contributed by atoms with Crippen LogP contribution in [-0.2, 0) is 6.54 Å². The van der Waals surface area contributed by atoms with E-state index in [2.05, 4.69) is 9.88 Å². The van der Waals surface area contributed by atoms with E-state index in [1.165, 1.54) is 0 Å². The smallest absolute Gasteiger partial charge is 0.138 e. The fourth-order valence-corrected chi connectivity index (χ4v) is 3.28. The predicted molar refractivity (Wildman–Crippen MR) is 90.0 cm³/mol. The van der Waals surface area contributed by atoms with Gasteiger partial charge in [0, 0.05) is 12.2 Å². The fourth-order valence-electron chi connectivity index (χ4n) is 3.28. The summed E-state index contributed by atoms with van der Waals surface area (Å²) in [5.41, 5.74) is 2.67. The van der Waals surface area contributed by atoms with Gasteiger partial charge >= 0.3 is 0 Å². The second-order valence-corrected chi connectivity index (χ2v) is 6.39. The quantitative estimate of drug-likeness (QED) is 0.911. The number of aliphatic hydroxyl groups is 1. The van der Waals surface area contributed by atoms with Gasteiger partial charge in [0.2, 0.25) is 0 Å². The van der Waals surface area contributed by atoms with Gasteiger partial charge in [-0.2, -0.15) is 0 Å². The number of aryl methyl sites for hydroxylation is 1. The van der Waals surface area contributed by atoms with Gasteiger partial charge in [0.05, 0.1) is 11.8 Å². The van der Waals surface area contributed by atoms with Gasteiger partial charge in [-0.15, -0.1) is 0 Å². The lowest BCUT2D eigenvalue weighted by molar-refractivity contribution is 0.0562. The van der Waals surface area contributed by atoms with E-state index in [4.69, 9.17) is 0 Å². The summed E-state index contributed by atoms with van der Waals surface area (Å²) in [7, 11) is 0. The minimum Gasteiger partial charge on any atom is -0.506 e. The zero-order valence-electron chi connectivity index (χ0n) is 13.5. The molecule has 0 radical (unpaired) electrons. The van der Waals surface area contributed by atoms with Gasteiger partial charge in [0.1, 0.15) is 5.75 Å². The number of pyridine rings is 1. The molecule has 3 rings (SSSR count). The maximum atomic E-state index is 10.5. The Bertz CT molecular complexity index is 637. The second kappa shape index (κ2) is 7.11. The molecule has 1 fully saturated rings. The Morgan fingerprint density at radius 3 is 2.52 bits per heavy atom. The third kappa shape index (κ3) is 3.89. The highest BCUT2D eigenvalue weighted by molar-refractivity contribution is 5.27. The summed E-state index contributed by atoms with van der Waals surface area (Å²) in [5, 5.41) is 20.5. The lowest BCUT2D eigenvalue weighted by Gasteiger charge is -2.34. The molecule has 1 aliphatic heterocycles. The summed E-state index contributed by atoms with van der Waals surface area (Å²) in [6, 6.07) is 13.4. The van der Waals surface area contributed by atoms with E-state index in [1.807, 2.05) is 43.3 Å². The number of benzene rings is 1. The number of aromatic hydroxyl groups is 1. The van der Waals surface area contributed by atoms with Crippen molar-refractivity contribution in [3.63, 3.8) is 0 Å². The largest absolute Gasteiger partial charge is 0.506 e.